The van der Waals surface area contributed by atoms with Crippen LogP contribution in [0.2, 0.25) is 0 Å². The number of aromatic nitrogens is 4. The first-order valence-electron chi connectivity index (χ1n) is 9.24. The van der Waals surface area contributed by atoms with Crippen LogP contribution in [0.1, 0.15) is 28.1 Å². The fraction of sp³-hybridized carbons (Fsp3) is 0.300. The third-order valence-corrected chi connectivity index (χ3v) is 4.69. The minimum atomic E-state index is -0.733. The topological polar surface area (TPSA) is 128 Å². The van der Waals surface area contributed by atoms with Gasteiger partial charge in [0.05, 0.1) is 6.42 Å². The second kappa shape index (κ2) is 8.68. The Morgan fingerprint density at radius 1 is 1.10 bits per heavy atom. The molecule has 0 saturated heterocycles. The number of urea groups is 1. The van der Waals surface area contributed by atoms with Crippen LogP contribution in [-0.2, 0) is 20.7 Å². The van der Waals surface area contributed by atoms with Gasteiger partial charge in [-0.25, -0.2) is 14.3 Å². The zero-order valence-electron chi connectivity index (χ0n) is 17.1. The summed E-state index contributed by atoms with van der Waals surface area (Å²) in [6, 6.07) is 4.69. The lowest BCUT2D eigenvalue weighted by Gasteiger charge is -2.11. The SMILES string of the molecule is Cc1ccc(NC(=O)NC(=O)COC(=O)Cc2c(C)nc3ncnn3c2C)cc1C. The van der Waals surface area contributed by atoms with E-state index in [4.69, 9.17) is 4.74 Å². The van der Waals surface area contributed by atoms with Crippen LogP contribution in [0.25, 0.3) is 5.78 Å². The third kappa shape index (κ3) is 4.77. The Morgan fingerprint density at radius 3 is 2.60 bits per heavy atom. The molecular weight excluding hydrogens is 388 g/mol. The van der Waals surface area contributed by atoms with Gasteiger partial charge >= 0.3 is 12.0 Å². The Bertz CT molecular complexity index is 1140. The number of benzene rings is 1. The summed E-state index contributed by atoms with van der Waals surface area (Å²) >= 11 is 0. The standard InChI is InChI=1S/C20H22N6O4/c1-11-5-6-15(7-12(11)2)24-20(29)25-17(27)9-30-18(28)8-16-13(3)23-19-21-10-22-26(19)14(16)4/h5-7,10H,8-9H2,1-4H3,(H2,24,25,27,29). The van der Waals surface area contributed by atoms with Crippen molar-refractivity contribution in [3.63, 3.8) is 0 Å². The number of nitrogens with one attached hydrogen (secondary N) is 2. The second-order valence-electron chi connectivity index (χ2n) is 6.87. The molecule has 0 saturated carbocycles. The molecule has 2 N–H and O–H groups in total. The van der Waals surface area contributed by atoms with E-state index in [0.717, 1.165) is 11.1 Å². The fourth-order valence-electron chi connectivity index (χ4n) is 2.90. The Hall–Kier alpha value is -3.82. The van der Waals surface area contributed by atoms with Crippen molar-refractivity contribution in [3.8, 4) is 0 Å². The Kier molecular flexibility index (Phi) is 6.05. The average molecular weight is 410 g/mol. The molecule has 1 aromatic carbocycles. The van der Waals surface area contributed by atoms with Crippen molar-refractivity contribution in [2.45, 2.75) is 34.1 Å². The van der Waals surface area contributed by atoms with E-state index >= 15 is 0 Å². The van der Waals surface area contributed by atoms with Gasteiger partial charge in [0, 0.05) is 22.6 Å². The van der Waals surface area contributed by atoms with Crippen LogP contribution in [-0.4, -0.2) is 44.1 Å². The van der Waals surface area contributed by atoms with Crippen LogP contribution in [0, 0.1) is 27.7 Å². The molecule has 3 amide bonds. The summed E-state index contributed by atoms with van der Waals surface area (Å²) in [5.41, 5.74) is 4.64. The van der Waals surface area contributed by atoms with Crippen LogP contribution >= 0.6 is 0 Å². The zero-order valence-corrected chi connectivity index (χ0v) is 17.1. The van der Waals surface area contributed by atoms with E-state index in [1.807, 2.05) is 19.9 Å². The fourth-order valence-corrected chi connectivity index (χ4v) is 2.90. The van der Waals surface area contributed by atoms with Crippen molar-refractivity contribution in [1.82, 2.24) is 24.9 Å². The molecular formula is C20H22N6O4. The van der Waals surface area contributed by atoms with Crippen LogP contribution in [0.4, 0.5) is 10.5 Å². The van der Waals surface area contributed by atoms with Gasteiger partial charge in [-0.15, -0.1) is 0 Å². The van der Waals surface area contributed by atoms with Crippen molar-refractivity contribution >= 4 is 29.4 Å². The van der Waals surface area contributed by atoms with Gasteiger partial charge < -0.3 is 10.1 Å². The maximum absolute atomic E-state index is 12.2. The number of amides is 3. The quantitative estimate of drug-likeness (QED) is 0.614. The minimum Gasteiger partial charge on any atom is -0.455 e. The molecule has 30 heavy (non-hydrogen) atoms. The first-order chi connectivity index (χ1) is 14.2. The molecule has 2 aromatic heterocycles. The van der Waals surface area contributed by atoms with Gasteiger partial charge in [-0.05, 0) is 51.0 Å². The van der Waals surface area contributed by atoms with Crippen molar-refractivity contribution in [2.24, 2.45) is 0 Å². The van der Waals surface area contributed by atoms with Crippen molar-refractivity contribution in [2.75, 3.05) is 11.9 Å². The van der Waals surface area contributed by atoms with Crippen LogP contribution in [0.15, 0.2) is 24.5 Å². The predicted molar refractivity (Wildman–Crippen MR) is 108 cm³/mol. The lowest BCUT2D eigenvalue weighted by Crippen LogP contribution is -2.37. The molecule has 3 aromatic rings. The summed E-state index contributed by atoms with van der Waals surface area (Å²) in [5.74, 6) is -0.911. The number of hydrogen-bond donors (Lipinski definition) is 2. The van der Waals surface area contributed by atoms with E-state index in [0.29, 0.717) is 28.4 Å². The monoisotopic (exact) mass is 410 g/mol. The first-order valence-corrected chi connectivity index (χ1v) is 9.24. The molecule has 0 aliphatic heterocycles. The van der Waals surface area contributed by atoms with Gasteiger partial charge in [-0.2, -0.15) is 10.1 Å². The van der Waals surface area contributed by atoms with E-state index in [9.17, 15) is 14.4 Å². The number of imide groups is 1. The molecule has 0 aliphatic carbocycles. The van der Waals surface area contributed by atoms with Crippen LogP contribution in [0.3, 0.4) is 0 Å². The summed E-state index contributed by atoms with van der Waals surface area (Å²) < 4.78 is 6.52. The second-order valence-corrected chi connectivity index (χ2v) is 6.87. The number of ether oxygens (including phenoxy) is 1. The highest BCUT2D eigenvalue weighted by Gasteiger charge is 2.17. The number of carbonyl (C=O) groups excluding carboxylic acids is 3. The molecule has 0 aliphatic rings. The molecule has 10 nitrogen and oxygen atoms in total. The molecule has 156 valence electrons. The molecule has 0 atom stereocenters. The summed E-state index contributed by atoms with van der Waals surface area (Å²) in [6.07, 6.45) is 1.30. The van der Waals surface area contributed by atoms with Gasteiger partial charge in [0.15, 0.2) is 6.61 Å². The molecule has 10 heteroatoms. The minimum absolute atomic E-state index is 0.0808. The molecule has 0 bridgehead atoms. The van der Waals surface area contributed by atoms with Gasteiger partial charge in [0.25, 0.3) is 11.7 Å². The number of aryl methyl sites for hydroxylation is 4. The summed E-state index contributed by atoms with van der Waals surface area (Å²) in [4.78, 5) is 44.3. The largest absolute Gasteiger partial charge is 0.455 e. The number of nitrogens with zero attached hydrogens (tertiary/aromatic N) is 4. The van der Waals surface area contributed by atoms with Gasteiger partial charge in [0.2, 0.25) is 0 Å². The molecule has 3 rings (SSSR count). The van der Waals surface area contributed by atoms with Gasteiger partial charge in [-0.1, -0.05) is 6.07 Å². The lowest BCUT2D eigenvalue weighted by molar-refractivity contribution is -0.147. The molecule has 0 spiro atoms. The van der Waals surface area contributed by atoms with Crippen molar-refractivity contribution < 1.29 is 19.1 Å². The Labute approximate surface area is 172 Å². The predicted octanol–water partition coefficient (Wildman–Crippen LogP) is 1.79. The first kappa shape index (κ1) is 20.9. The highest BCUT2D eigenvalue weighted by molar-refractivity contribution is 6.01. The lowest BCUT2D eigenvalue weighted by atomic mass is 10.1. The molecule has 0 unspecified atom stereocenters. The zero-order chi connectivity index (χ0) is 21.8. The van der Waals surface area contributed by atoms with E-state index < -0.39 is 24.5 Å². The van der Waals surface area contributed by atoms with E-state index in [1.54, 1.807) is 26.0 Å². The highest BCUT2D eigenvalue weighted by atomic mass is 16.5. The normalized spacial score (nSPS) is 10.7. The number of fused-ring (bicyclic) bond motifs is 1. The van der Waals surface area contributed by atoms with E-state index in [-0.39, 0.29) is 6.42 Å². The van der Waals surface area contributed by atoms with Crippen LogP contribution in [0.5, 0.6) is 0 Å². The van der Waals surface area contributed by atoms with E-state index in [2.05, 4.69) is 25.7 Å². The number of esters is 1. The van der Waals surface area contributed by atoms with Gasteiger partial charge in [-0.3, -0.25) is 14.9 Å². The summed E-state index contributed by atoms with van der Waals surface area (Å²) in [7, 11) is 0. The number of rotatable bonds is 5. The third-order valence-electron chi connectivity index (χ3n) is 4.69. The summed E-state index contributed by atoms with van der Waals surface area (Å²) in [5, 5.41) is 8.75. The van der Waals surface area contributed by atoms with Crippen molar-refractivity contribution in [1.29, 1.82) is 0 Å². The molecule has 0 fully saturated rings. The molecule has 2 heterocycles. The summed E-state index contributed by atoms with van der Waals surface area (Å²) in [6.45, 7) is 6.86. The molecule has 0 radical (unpaired) electrons. The Balaban J connectivity index is 1.51. The van der Waals surface area contributed by atoms with Crippen molar-refractivity contribution in [3.05, 3.63) is 52.6 Å². The number of anilines is 1. The Morgan fingerprint density at radius 2 is 1.87 bits per heavy atom. The maximum Gasteiger partial charge on any atom is 0.325 e. The van der Waals surface area contributed by atoms with Crippen LogP contribution < -0.4 is 10.6 Å². The van der Waals surface area contributed by atoms with Gasteiger partial charge in [0.1, 0.15) is 6.33 Å². The smallest absolute Gasteiger partial charge is 0.325 e. The highest BCUT2D eigenvalue weighted by Crippen LogP contribution is 2.15. The van der Waals surface area contributed by atoms with E-state index in [1.165, 1.54) is 10.8 Å². The maximum atomic E-state index is 12.2. The number of hydrogen-bond acceptors (Lipinski definition) is 7. The average Bonchev–Trinajstić information content (AvgIpc) is 3.15. The number of carbonyl (C=O) groups is 3.